The molecule has 0 saturated heterocycles. The SMILES string of the molecule is CCCCCCCCCCCCCCOCCOCCOCCOC. The van der Waals surface area contributed by atoms with Crippen LogP contribution >= 0.6 is 0 Å². The molecule has 0 aliphatic carbocycles. The fraction of sp³-hybridized carbons (Fsp3) is 1.00. The van der Waals surface area contributed by atoms with E-state index in [1.165, 1.54) is 77.0 Å². The van der Waals surface area contributed by atoms with Gasteiger partial charge in [-0.15, -0.1) is 0 Å². The van der Waals surface area contributed by atoms with E-state index in [0.717, 1.165) is 6.61 Å². The summed E-state index contributed by atoms with van der Waals surface area (Å²) in [5.74, 6) is 0. The third-order valence-electron chi connectivity index (χ3n) is 4.32. The van der Waals surface area contributed by atoms with E-state index in [1.54, 1.807) is 7.11 Å². The molecule has 25 heavy (non-hydrogen) atoms. The monoisotopic (exact) mass is 360 g/mol. The molecule has 0 atom stereocenters. The maximum absolute atomic E-state index is 5.58. The normalized spacial score (nSPS) is 11.3. The average Bonchev–Trinajstić information content (AvgIpc) is 2.63. The molecule has 0 bridgehead atoms. The molecular weight excluding hydrogens is 316 g/mol. The number of hydrogen-bond donors (Lipinski definition) is 0. The first kappa shape index (κ1) is 24.8. The summed E-state index contributed by atoms with van der Waals surface area (Å²) >= 11 is 0. The molecule has 0 aromatic heterocycles. The van der Waals surface area contributed by atoms with Crippen LogP contribution in [0.4, 0.5) is 0 Å². The number of unbranched alkanes of at least 4 members (excludes halogenated alkanes) is 11. The Bertz CT molecular complexity index is 202. The van der Waals surface area contributed by atoms with Crippen LogP contribution in [0.3, 0.4) is 0 Å². The fourth-order valence-electron chi connectivity index (χ4n) is 2.73. The molecule has 0 fully saturated rings. The Morgan fingerprint density at radius 3 is 1.20 bits per heavy atom. The van der Waals surface area contributed by atoms with Gasteiger partial charge in [0.15, 0.2) is 0 Å². The zero-order valence-electron chi connectivity index (χ0n) is 17.1. The molecule has 0 unspecified atom stereocenters. The minimum absolute atomic E-state index is 0.627. The van der Waals surface area contributed by atoms with Crippen LogP contribution in [0, 0.1) is 0 Å². The van der Waals surface area contributed by atoms with Gasteiger partial charge in [-0.3, -0.25) is 0 Å². The van der Waals surface area contributed by atoms with Crippen molar-refractivity contribution in [1.82, 2.24) is 0 Å². The van der Waals surface area contributed by atoms with E-state index in [0.29, 0.717) is 39.6 Å². The van der Waals surface area contributed by atoms with Crippen molar-refractivity contribution in [2.75, 3.05) is 53.4 Å². The van der Waals surface area contributed by atoms with Gasteiger partial charge in [-0.2, -0.15) is 0 Å². The van der Waals surface area contributed by atoms with Gasteiger partial charge < -0.3 is 18.9 Å². The van der Waals surface area contributed by atoms with E-state index in [9.17, 15) is 0 Å². The Balaban J connectivity index is 2.94. The molecule has 0 amide bonds. The van der Waals surface area contributed by atoms with Gasteiger partial charge in [-0.05, 0) is 6.42 Å². The van der Waals surface area contributed by atoms with Gasteiger partial charge in [0, 0.05) is 13.7 Å². The van der Waals surface area contributed by atoms with Gasteiger partial charge in [-0.25, -0.2) is 0 Å². The average molecular weight is 361 g/mol. The summed E-state index contributed by atoms with van der Waals surface area (Å²) in [4.78, 5) is 0. The molecule has 0 aliphatic rings. The van der Waals surface area contributed by atoms with Crippen molar-refractivity contribution in [2.24, 2.45) is 0 Å². The highest BCUT2D eigenvalue weighted by atomic mass is 16.6. The van der Waals surface area contributed by atoms with Crippen molar-refractivity contribution in [1.29, 1.82) is 0 Å². The van der Waals surface area contributed by atoms with Crippen molar-refractivity contribution >= 4 is 0 Å². The molecule has 0 radical (unpaired) electrons. The molecule has 0 rings (SSSR count). The third-order valence-corrected chi connectivity index (χ3v) is 4.32. The van der Waals surface area contributed by atoms with Crippen LogP contribution in [-0.2, 0) is 18.9 Å². The van der Waals surface area contributed by atoms with Gasteiger partial charge >= 0.3 is 0 Å². The number of rotatable bonds is 22. The van der Waals surface area contributed by atoms with Crippen molar-refractivity contribution in [3.63, 3.8) is 0 Å². The summed E-state index contributed by atoms with van der Waals surface area (Å²) in [5.41, 5.74) is 0. The minimum atomic E-state index is 0.627. The van der Waals surface area contributed by atoms with Gasteiger partial charge in [0.1, 0.15) is 0 Å². The Morgan fingerprint density at radius 2 is 0.760 bits per heavy atom. The molecule has 0 aromatic carbocycles. The molecule has 4 heteroatoms. The summed E-state index contributed by atoms with van der Waals surface area (Å²) in [7, 11) is 1.67. The summed E-state index contributed by atoms with van der Waals surface area (Å²) in [5, 5.41) is 0. The summed E-state index contributed by atoms with van der Waals surface area (Å²) in [6.45, 7) is 7.03. The third kappa shape index (κ3) is 23.8. The molecule has 4 nitrogen and oxygen atoms in total. The predicted molar refractivity (Wildman–Crippen MR) is 105 cm³/mol. The maximum atomic E-state index is 5.58. The van der Waals surface area contributed by atoms with E-state index in [2.05, 4.69) is 6.92 Å². The predicted octanol–water partition coefficient (Wildman–Crippen LogP) is 5.38. The summed E-state index contributed by atoms with van der Waals surface area (Å²) in [6.07, 6.45) is 16.6. The van der Waals surface area contributed by atoms with E-state index in [4.69, 9.17) is 18.9 Å². The lowest BCUT2D eigenvalue weighted by atomic mass is 10.1. The molecule has 0 N–H and O–H groups in total. The second-order valence-electron chi connectivity index (χ2n) is 6.72. The quantitative estimate of drug-likeness (QED) is 0.243. The molecule has 0 aromatic rings. The second-order valence-corrected chi connectivity index (χ2v) is 6.72. The highest BCUT2D eigenvalue weighted by molar-refractivity contribution is 4.48. The summed E-state index contributed by atoms with van der Waals surface area (Å²) in [6, 6.07) is 0. The van der Waals surface area contributed by atoms with Crippen molar-refractivity contribution in [2.45, 2.75) is 84.0 Å². The Kier molecular flexibility index (Phi) is 23.7. The molecule has 0 aliphatic heterocycles. The van der Waals surface area contributed by atoms with Gasteiger partial charge in [-0.1, -0.05) is 77.6 Å². The van der Waals surface area contributed by atoms with E-state index < -0.39 is 0 Å². The van der Waals surface area contributed by atoms with Crippen LogP contribution in [0.25, 0.3) is 0 Å². The first-order valence-electron chi connectivity index (χ1n) is 10.6. The first-order valence-corrected chi connectivity index (χ1v) is 10.6. The Morgan fingerprint density at radius 1 is 0.400 bits per heavy atom. The topological polar surface area (TPSA) is 36.9 Å². The second kappa shape index (κ2) is 23.8. The van der Waals surface area contributed by atoms with E-state index in [1.807, 2.05) is 0 Å². The van der Waals surface area contributed by atoms with E-state index in [-0.39, 0.29) is 0 Å². The Hall–Kier alpha value is -0.160. The Labute approximate surface area is 156 Å². The van der Waals surface area contributed by atoms with Gasteiger partial charge in [0.25, 0.3) is 0 Å². The van der Waals surface area contributed by atoms with Crippen LogP contribution in [-0.4, -0.2) is 53.4 Å². The molecule has 0 saturated carbocycles. The van der Waals surface area contributed by atoms with Crippen molar-refractivity contribution in [3.05, 3.63) is 0 Å². The highest BCUT2D eigenvalue weighted by Gasteiger charge is 1.95. The van der Waals surface area contributed by atoms with Gasteiger partial charge in [0.05, 0.1) is 39.6 Å². The van der Waals surface area contributed by atoms with Crippen LogP contribution < -0.4 is 0 Å². The summed E-state index contributed by atoms with van der Waals surface area (Å²) < 4.78 is 21.2. The lowest BCUT2D eigenvalue weighted by Crippen LogP contribution is -2.11. The van der Waals surface area contributed by atoms with Crippen molar-refractivity contribution < 1.29 is 18.9 Å². The zero-order chi connectivity index (χ0) is 18.3. The van der Waals surface area contributed by atoms with Crippen LogP contribution in [0.5, 0.6) is 0 Å². The smallest absolute Gasteiger partial charge is 0.0701 e. The first-order chi connectivity index (χ1) is 12.4. The zero-order valence-corrected chi connectivity index (χ0v) is 17.1. The van der Waals surface area contributed by atoms with E-state index >= 15 is 0 Å². The molecule has 0 heterocycles. The standard InChI is InChI=1S/C21H44O4/c1-3-4-5-6-7-8-9-10-11-12-13-14-15-23-18-19-25-21-20-24-17-16-22-2/h3-21H2,1-2H3. The van der Waals surface area contributed by atoms with Crippen LogP contribution in [0.1, 0.15) is 84.0 Å². The number of methoxy groups -OCH3 is 1. The lowest BCUT2D eigenvalue weighted by molar-refractivity contribution is 0.00323. The number of hydrogen-bond acceptors (Lipinski definition) is 4. The largest absolute Gasteiger partial charge is 0.382 e. The van der Waals surface area contributed by atoms with Gasteiger partial charge in [0.2, 0.25) is 0 Å². The fourth-order valence-corrected chi connectivity index (χ4v) is 2.73. The number of ether oxygens (including phenoxy) is 4. The lowest BCUT2D eigenvalue weighted by Gasteiger charge is -2.07. The minimum Gasteiger partial charge on any atom is -0.382 e. The highest BCUT2D eigenvalue weighted by Crippen LogP contribution is 2.11. The van der Waals surface area contributed by atoms with Crippen LogP contribution in [0.15, 0.2) is 0 Å². The van der Waals surface area contributed by atoms with Crippen molar-refractivity contribution in [3.8, 4) is 0 Å². The molecule has 152 valence electrons. The van der Waals surface area contributed by atoms with Crippen LogP contribution in [0.2, 0.25) is 0 Å². The molecule has 0 spiro atoms. The maximum Gasteiger partial charge on any atom is 0.0701 e. The molecular formula is C21H44O4.